The van der Waals surface area contributed by atoms with E-state index in [0.29, 0.717) is 22.7 Å². The van der Waals surface area contributed by atoms with Crippen molar-refractivity contribution in [1.29, 1.82) is 0 Å². The molecule has 308 valence electrons. The molecule has 0 saturated carbocycles. The molecule has 0 amide bonds. The SMILES string of the molecule is Nc1ccc(N=Nc2ccc(N=Nc3c(S(=O)(=O)O)cc4cc(S(=O)(=O)O)c(N=Nc5ccc(N=Nc6cc(S(=O)(=O)O)c(N)cc6N)cc5)c(O)c4c3N)cc2)c(N)c1. The first-order valence-corrected chi connectivity index (χ1v) is 20.7. The molecule has 23 nitrogen and oxygen atoms in total. The predicted octanol–water partition coefficient (Wildman–Crippen LogP) is 7.86. The number of fused-ring (bicyclic) bond motifs is 1. The number of hydrogen-bond acceptors (Lipinski definition) is 20. The van der Waals surface area contributed by atoms with Gasteiger partial charge >= 0.3 is 0 Å². The Morgan fingerprint density at radius 3 is 1.30 bits per heavy atom. The van der Waals surface area contributed by atoms with Gasteiger partial charge in [0.2, 0.25) is 0 Å². The number of hydrogen-bond donors (Lipinski definition) is 9. The summed E-state index contributed by atoms with van der Waals surface area (Å²) in [5, 5.41) is 42.2. The second-order valence-electron chi connectivity index (χ2n) is 12.3. The maximum atomic E-state index is 12.5. The fourth-order valence-corrected chi connectivity index (χ4v) is 7.24. The molecule has 0 aromatic heterocycles. The first kappa shape index (κ1) is 42.1. The van der Waals surface area contributed by atoms with Crippen molar-refractivity contribution in [3.63, 3.8) is 0 Å². The summed E-state index contributed by atoms with van der Waals surface area (Å²) in [5.74, 6) is -0.980. The number of nitrogen functional groups attached to an aromatic ring is 5. The first-order valence-electron chi connectivity index (χ1n) is 16.4. The van der Waals surface area contributed by atoms with Crippen LogP contribution in [0.2, 0.25) is 0 Å². The molecule has 60 heavy (non-hydrogen) atoms. The highest BCUT2D eigenvalue weighted by Gasteiger charge is 2.28. The van der Waals surface area contributed by atoms with E-state index in [9.17, 15) is 44.0 Å². The van der Waals surface area contributed by atoms with Crippen LogP contribution in [-0.2, 0) is 30.4 Å². The van der Waals surface area contributed by atoms with E-state index in [1.54, 1.807) is 12.1 Å². The van der Waals surface area contributed by atoms with Crippen molar-refractivity contribution in [2.45, 2.75) is 14.7 Å². The Kier molecular flexibility index (Phi) is 11.3. The van der Waals surface area contributed by atoms with Gasteiger partial charge in [-0.05, 0) is 96.4 Å². The summed E-state index contributed by atoms with van der Waals surface area (Å²) >= 11 is 0. The molecule has 0 spiro atoms. The van der Waals surface area contributed by atoms with Crippen LogP contribution in [0.3, 0.4) is 0 Å². The Labute approximate surface area is 339 Å². The molecule has 14 N–H and O–H groups in total. The van der Waals surface area contributed by atoms with E-state index >= 15 is 0 Å². The van der Waals surface area contributed by atoms with E-state index in [0.717, 1.165) is 24.3 Å². The zero-order valence-electron chi connectivity index (χ0n) is 30.1. The highest BCUT2D eigenvalue weighted by molar-refractivity contribution is 7.86. The van der Waals surface area contributed by atoms with Crippen molar-refractivity contribution < 1.29 is 44.0 Å². The normalized spacial score (nSPS) is 12.8. The number of phenolic OH excluding ortho intramolecular Hbond substituents is 1. The number of nitrogens with zero attached hydrogens (tertiary/aromatic N) is 8. The molecule has 6 rings (SSSR count). The average molecular weight is 876 g/mol. The Bertz CT molecular complexity index is 3180. The van der Waals surface area contributed by atoms with Gasteiger partial charge in [0.1, 0.15) is 37.4 Å². The molecule has 6 aromatic rings. The molecule has 0 heterocycles. The molecule has 0 aliphatic carbocycles. The molecular formula is C34H29N13O10S3. The van der Waals surface area contributed by atoms with E-state index < -0.39 is 73.2 Å². The van der Waals surface area contributed by atoms with Gasteiger partial charge in [0.15, 0.2) is 5.75 Å². The molecule has 0 fully saturated rings. The van der Waals surface area contributed by atoms with Crippen LogP contribution in [0.4, 0.5) is 73.9 Å². The van der Waals surface area contributed by atoms with E-state index in [-0.39, 0.29) is 39.5 Å². The number of aromatic hydroxyl groups is 1. The minimum absolute atomic E-state index is 0.0430. The minimum atomic E-state index is -5.19. The van der Waals surface area contributed by atoms with Gasteiger partial charge in [-0.15, -0.1) is 20.5 Å². The highest BCUT2D eigenvalue weighted by Crippen LogP contribution is 2.48. The summed E-state index contributed by atoms with van der Waals surface area (Å²) in [6, 6.07) is 19.5. The lowest BCUT2D eigenvalue weighted by Crippen LogP contribution is -2.04. The predicted molar refractivity (Wildman–Crippen MR) is 220 cm³/mol. The minimum Gasteiger partial charge on any atom is -0.505 e. The summed E-state index contributed by atoms with van der Waals surface area (Å²) in [6.07, 6.45) is 0. The second-order valence-corrected chi connectivity index (χ2v) is 16.5. The van der Waals surface area contributed by atoms with Gasteiger partial charge in [-0.1, -0.05) is 0 Å². The molecule has 0 aliphatic heterocycles. The summed E-state index contributed by atoms with van der Waals surface area (Å²) < 4.78 is 103. The fourth-order valence-electron chi connectivity index (χ4n) is 5.29. The molecule has 6 aromatic carbocycles. The number of rotatable bonds is 11. The zero-order valence-corrected chi connectivity index (χ0v) is 32.5. The smallest absolute Gasteiger partial charge is 0.296 e. The zero-order chi connectivity index (χ0) is 43.7. The van der Waals surface area contributed by atoms with Gasteiger partial charge in [-0.2, -0.15) is 45.7 Å². The average Bonchev–Trinajstić information content (AvgIpc) is 3.15. The number of benzene rings is 6. The third-order valence-corrected chi connectivity index (χ3v) is 10.8. The summed E-state index contributed by atoms with van der Waals surface area (Å²) in [6.45, 7) is 0. The van der Waals surface area contributed by atoms with Crippen molar-refractivity contribution >= 4 is 115 Å². The topological polar surface area (TPSA) is 412 Å². The number of azo groups is 4. The van der Waals surface area contributed by atoms with Gasteiger partial charge < -0.3 is 33.8 Å². The van der Waals surface area contributed by atoms with Crippen LogP contribution in [0.25, 0.3) is 10.8 Å². The van der Waals surface area contributed by atoms with E-state index in [1.165, 1.54) is 54.6 Å². The van der Waals surface area contributed by atoms with Crippen LogP contribution in [0.1, 0.15) is 0 Å². The van der Waals surface area contributed by atoms with Crippen LogP contribution >= 0.6 is 0 Å². The van der Waals surface area contributed by atoms with Gasteiger partial charge in [-0.25, -0.2) is 0 Å². The highest BCUT2D eigenvalue weighted by atomic mass is 32.2. The third-order valence-electron chi connectivity index (χ3n) is 8.14. The quantitative estimate of drug-likeness (QED) is 0.0340. The van der Waals surface area contributed by atoms with Crippen molar-refractivity contribution in [2.75, 3.05) is 28.7 Å². The van der Waals surface area contributed by atoms with E-state index in [1.807, 2.05) is 0 Å². The largest absolute Gasteiger partial charge is 0.505 e. The van der Waals surface area contributed by atoms with Crippen LogP contribution in [0.15, 0.2) is 147 Å². The van der Waals surface area contributed by atoms with Crippen LogP contribution in [0, 0.1) is 0 Å². The van der Waals surface area contributed by atoms with Crippen LogP contribution < -0.4 is 28.7 Å². The summed E-state index contributed by atoms with van der Waals surface area (Å²) in [4.78, 5) is -2.57. The lowest BCUT2D eigenvalue weighted by atomic mass is 10.1. The Balaban J connectivity index is 1.34. The lowest BCUT2D eigenvalue weighted by molar-refractivity contribution is 0.472. The lowest BCUT2D eigenvalue weighted by Gasteiger charge is -2.14. The maximum absolute atomic E-state index is 12.5. The molecule has 0 bridgehead atoms. The molecule has 0 saturated heterocycles. The fraction of sp³-hybridized carbons (Fsp3) is 0. The first-order chi connectivity index (χ1) is 28.1. The monoisotopic (exact) mass is 875 g/mol. The van der Waals surface area contributed by atoms with Crippen molar-refractivity contribution in [2.24, 2.45) is 40.9 Å². The molecule has 0 unspecified atom stereocenters. The van der Waals surface area contributed by atoms with Crippen LogP contribution in [-0.4, -0.2) is 44.0 Å². The standard InChI is InChI=1S/C34H29N13O10S3/c35-17-1-10-25(22(36)13-17)44-40-18-2-6-20(7-3-18)42-46-32-28(59(52,53)54)11-16-12-29(60(55,56)57)33(34(48)30(16)31(32)39)47-43-21-8-4-19(5-9-21)41-45-26-15-27(58(49,50)51)24(38)14-23(26)37/h1-15,48H,35-39H2,(H,49,50,51)(H,52,53,54)(H,55,56,57). The molecule has 0 aliphatic rings. The van der Waals surface area contributed by atoms with Gasteiger partial charge in [0, 0.05) is 5.69 Å². The number of phenols is 1. The van der Waals surface area contributed by atoms with Crippen LogP contribution in [0.5, 0.6) is 5.75 Å². The molecule has 0 radical (unpaired) electrons. The Hall–Kier alpha value is -7.49. The van der Waals surface area contributed by atoms with Gasteiger partial charge in [0.25, 0.3) is 30.4 Å². The third kappa shape index (κ3) is 9.28. The van der Waals surface area contributed by atoms with Gasteiger partial charge in [0.05, 0.1) is 50.9 Å². The maximum Gasteiger partial charge on any atom is 0.296 e. The van der Waals surface area contributed by atoms with E-state index in [2.05, 4.69) is 40.9 Å². The van der Waals surface area contributed by atoms with Gasteiger partial charge in [-0.3, -0.25) is 13.7 Å². The Morgan fingerprint density at radius 1 is 0.417 bits per heavy atom. The molecular weight excluding hydrogens is 847 g/mol. The van der Waals surface area contributed by atoms with E-state index in [4.69, 9.17) is 28.7 Å². The number of nitrogens with two attached hydrogens (primary N) is 5. The van der Waals surface area contributed by atoms with Crippen molar-refractivity contribution in [3.05, 3.63) is 91.0 Å². The Morgan fingerprint density at radius 2 is 0.833 bits per heavy atom. The molecule has 0 atom stereocenters. The molecule has 26 heteroatoms. The summed E-state index contributed by atoms with van der Waals surface area (Å²) in [5.41, 5.74) is 28.7. The van der Waals surface area contributed by atoms with Crippen molar-refractivity contribution in [3.8, 4) is 5.75 Å². The van der Waals surface area contributed by atoms with Crippen molar-refractivity contribution in [1.82, 2.24) is 0 Å². The number of anilines is 5. The summed E-state index contributed by atoms with van der Waals surface area (Å²) in [7, 11) is -15.0. The second kappa shape index (κ2) is 16.0.